The summed E-state index contributed by atoms with van der Waals surface area (Å²) in [7, 11) is 0. The van der Waals surface area contributed by atoms with Gasteiger partial charge in [-0.15, -0.1) is 0 Å². The van der Waals surface area contributed by atoms with E-state index in [1.165, 1.54) is 0 Å². The molecule has 0 saturated heterocycles. The first-order valence-corrected chi connectivity index (χ1v) is 3.92. The highest BCUT2D eigenvalue weighted by molar-refractivity contribution is 5.05. The van der Waals surface area contributed by atoms with Crippen molar-refractivity contribution in [2.75, 3.05) is 6.61 Å². The number of hydrogen-bond acceptors (Lipinski definition) is 3. The molecule has 3 nitrogen and oxygen atoms in total. The Balaban J connectivity index is 2.51. The predicted molar refractivity (Wildman–Crippen MR) is 41.3 cm³/mol. The van der Waals surface area contributed by atoms with Gasteiger partial charge in [0.25, 0.3) is 0 Å². The molecule has 0 fully saturated rings. The molecule has 0 aliphatic carbocycles. The van der Waals surface area contributed by atoms with Gasteiger partial charge < -0.3 is 9.63 Å². The van der Waals surface area contributed by atoms with E-state index < -0.39 is 0 Å². The maximum absolute atomic E-state index is 8.57. The summed E-state index contributed by atoms with van der Waals surface area (Å²) in [6.07, 6.45) is 2.59. The van der Waals surface area contributed by atoms with Crippen LogP contribution in [0.1, 0.15) is 24.8 Å². The molecule has 0 saturated carbocycles. The van der Waals surface area contributed by atoms with E-state index in [1.807, 2.05) is 6.07 Å². The molecular formula is C8H13NO2. The molecule has 0 spiro atoms. The summed E-state index contributed by atoms with van der Waals surface area (Å²) in [4.78, 5) is 0. The van der Waals surface area contributed by atoms with Crippen LogP contribution >= 0.6 is 0 Å². The highest BCUT2D eigenvalue weighted by Gasteiger charge is 2.01. The van der Waals surface area contributed by atoms with Crippen LogP contribution in [0.15, 0.2) is 10.6 Å². The third-order valence-corrected chi connectivity index (χ3v) is 1.47. The Morgan fingerprint density at radius 1 is 1.55 bits per heavy atom. The lowest BCUT2D eigenvalue weighted by Crippen LogP contribution is -1.86. The largest absolute Gasteiger partial charge is 0.396 e. The topological polar surface area (TPSA) is 46.3 Å². The Morgan fingerprint density at radius 2 is 2.36 bits per heavy atom. The lowest BCUT2D eigenvalue weighted by Gasteiger charge is -1.85. The minimum atomic E-state index is 0.126. The molecule has 3 heteroatoms. The normalized spacial score (nSPS) is 10.4. The van der Waals surface area contributed by atoms with Crippen LogP contribution in [0.3, 0.4) is 0 Å². The van der Waals surface area contributed by atoms with E-state index in [0.29, 0.717) is 6.42 Å². The molecule has 62 valence electrons. The van der Waals surface area contributed by atoms with Crippen LogP contribution in [0.25, 0.3) is 0 Å². The van der Waals surface area contributed by atoms with Gasteiger partial charge in [0.1, 0.15) is 5.76 Å². The molecule has 1 N–H and O–H groups in total. The van der Waals surface area contributed by atoms with Gasteiger partial charge in [0, 0.05) is 12.5 Å². The van der Waals surface area contributed by atoms with Crippen molar-refractivity contribution in [3.63, 3.8) is 0 Å². The molecule has 1 heterocycles. The van der Waals surface area contributed by atoms with Gasteiger partial charge in [0.15, 0.2) is 0 Å². The fraction of sp³-hybridized carbons (Fsp3) is 0.625. The number of aliphatic hydroxyl groups is 1. The molecule has 0 unspecified atom stereocenters. The van der Waals surface area contributed by atoms with Gasteiger partial charge in [-0.2, -0.15) is 0 Å². The second kappa shape index (κ2) is 4.13. The maximum atomic E-state index is 8.57. The number of aromatic nitrogens is 1. The summed E-state index contributed by atoms with van der Waals surface area (Å²) >= 11 is 0. The zero-order chi connectivity index (χ0) is 8.10. The third kappa shape index (κ3) is 2.35. The van der Waals surface area contributed by atoms with Crippen LogP contribution in [0.4, 0.5) is 0 Å². The third-order valence-electron chi connectivity index (χ3n) is 1.47. The summed E-state index contributed by atoms with van der Waals surface area (Å²) < 4.78 is 4.95. The molecule has 0 amide bonds. The average Bonchev–Trinajstić information content (AvgIpc) is 2.38. The van der Waals surface area contributed by atoms with E-state index >= 15 is 0 Å². The van der Waals surface area contributed by atoms with Gasteiger partial charge in [0.2, 0.25) is 0 Å². The Labute approximate surface area is 66.0 Å². The predicted octanol–water partition coefficient (Wildman–Crippen LogP) is 1.16. The molecule has 1 rings (SSSR count). The van der Waals surface area contributed by atoms with Crippen molar-refractivity contribution < 1.29 is 9.63 Å². The number of hydrogen-bond donors (Lipinski definition) is 1. The quantitative estimate of drug-likeness (QED) is 0.709. The minimum Gasteiger partial charge on any atom is -0.396 e. The molecule has 0 atom stereocenters. The zero-order valence-corrected chi connectivity index (χ0v) is 6.71. The molecule has 11 heavy (non-hydrogen) atoms. The van der Waals surface area contributed by atoms with Gasteiger partial charge in [0.05, 0.1) is 12.3 Å². The van der Waals surface area contributed by atoms with E-state index in [0.717, 1.165) is 24.3 Å². The first kappa shape index (κ1) is 8.27. The smallest absolute Gasteiger partial charge is 0.139 e. The lowest BCUT2D eigenvalue weighted by molar-refractivity contribution is 0.276. The van der Waals surface area contributed by atoms with Gasteiger partial charge >= 0.3 is 0 Å². The van der Waals surface area contributed by atoms with Crippen LogP contribution in [0, 0.1) is 0 Å². The molecule has 0 radical (unpaired) electrons. The maximum Gasteiger partial charge on any atom is 0.139 e. The zero-order valence-electron chi connectivity index (χ0n) is 6.71. The number of nitrogens with zero attached hydrogens (tertiary/aromatic N) is 1. The first-order chi connectivity index (χ1) is 5.36. The van der Waals surface area contributed by atoms with E-state index in [9.17, 15) is 0 Å². The van der Waals surface area contributed by atoms with Crippen LogP contribution < -0.4 is 0 Å². The standard InChI is InChI=1S/C8H13NO2/c1-2-3-7-6-8(4-5-10)11-9-7/h6,10H,2-5H2,1H3. The summed E-state index contributed by atoms with van der Waals surface area (Å²) in [5.41, 5.74) is 0.982. The molecule has 0 aliphatic rings. The van der Waals surface area contributed by atoms with Crippen molar-refractivity contribution in [3.8, 4) is 0 Å². The van der Waals surface area contributed by atoms with Crippen molar-refractivity contribution in [3.05, 3.63) is 17.5 Å². The van der Waals surface area contributed by atoms with Crippen molar-refractivity contribution in [2.45, 2.75) is 26.2 Å². The molecule has 1 aromatic rings. The van der Waals surface area contributed by atoms with Crippen LogP contribution in [-0.4, -0.2) is 16.9 Å². The second-order valence-corrected chi connectivity index (χ2v) is 2.51. The fourth-order valence-electron chi connectivity index (χ4n) is 0.958. The Bertz CT molecular complexity index is 187. The number of aryl methyl sites for hydroxylation is 1. The second-order valence-electron chi connectivity index (χ2n) is 2.51. The van der Waals surface area contributed by atoms with Gasteiger partial charge in [-0.05, 0) is 6.42 Å². The first-order valence-electron chi connectivity index (χ1n) is 3.92. The Morgan fingerprint density at radius 3 is 3.00 bits per heavy atom. The highest BCUT2D eigenvalue weighted by atomic mass is 16.5. The molecule has 0 aliphatic heterocycles. The van der Waals surface area contributed by atoms with Crippen molar-refractivity contribution in [1.82, 2.24) is 5.16 Å². The Kier molecular flexibility index (Phi) is 3.11. The molecule has 0 bridgehead atoms. The van der Waals surface area contributed by atoms with Crippen molar-refractivity contribution >= 4 is 0 Å². The van der Waals surface area contributed by atoms with Crippen molar-refractivity contribution in [2.24, 2.45) is 0 Å². The molecular weight excluding hydrogens is 142 g/mol. The van der Waals surface area contributed by atoms with Crippen molar-refractivity contribution in [1.29, 1.82) is 0 Å². The summed E-state index contributed by atoms with van der Waals surface area (Å²) in [5, 5.41) is 12.4. The SMILES string of the molecule is CCCc1cc(CCO)on1. The average molecular weight is 155 g/mol. The Hall–Kier alpha value is -0.830. The van der Waals surface area contributed by atoms with Crippen LogP contribution in [0.5, 0.6) is 0 Å². The fourth-order valence-corrected chi connectivity index (χ4v) is 0.958. The van der Waals surface area contributed by atoms with Gasteiger partial charge in [-0.25, -0.2) is 0 Å². The highest BCUT2D eigenvalue weighted by Crippen LogP contribution is 2.05. The van der Waals surface area contributed by atoms with E-state index in [4.69, 9.17) is 9.63 Å². The monoisotopic (exact) mass is 155 g/mol. The summed E-state index contributed by atoms with van der Waals surface area (Å²) in [6, 6.07) is 1.90. The van der Waals surface area contributed by atoms with E-state index in [1.54, 1.807) is 0 Å². The summed E-state index contributed by atoms with van der Waals surface area (Å²) in [5.74, 6) is 0.774. The van der Waals surface area contributed by atoms with Crippen LogP contribution in [0.2, 0.25) is 0 Å². The van der Waals surface area contributed by atoms with Crippen LogP contribution in [-0.2, 0) is 12.8 Å². The lowest BCUT2D eigenvalue weighted by atomic mass is 10.2. The molecule has 1 aromatic heterocycles. The summed E-state index contributed by atoms with van der Waals surface area (Å²) in [6.45, 7) is 2.22. The van der Waals surface area contributed by atoms with E-state index in [2.05, 4.69) is 12.1 Å². The number of aliphatic hydroxyl groups excluding tert-OH is 1. The molecule has 0 aromatic carbocycles. The van der Waals surface area contributed by atoms with Gasteiger partial charge in [-0.1, -0.05) is 18.5 Å². The number of rotatable bonds is 4. The van der Waals surface area contributed by atoms with E-state index in [-0.39, 0.29) is 6.61 Å². The van der Waals surface area contributed by atoms with Gasteiger partial charge in [-0.3, -0.25) is 0 Å². The minimum absolute atomic E-state index is 0.126.